The summed E-state index contributed by atoms with van der Waals surface area (Å²) in [4.78, 5) is 23.4. The Balaban J connectivity index is 1.48. The van der Waals surface area contributed by atoms with Crippen molar-refractivity contribution >= 4 is 11.7 Å². The van der Waals surface area contributed by atoms with Crippen molar-refractivity contribution < 1.29 is 19.4 Å². The quantitative estimate of drug-likeness (QED) is 0.751. The highest BCUT2D eigenvalue weighted by Gasteiger charge is 2.14. The summed E-state index contributed by atoms with van der Waals surface area (Å²) in [5.41, 5.74) is 0.340. The number of carbonyl (C=O) groups excluding carboxylic acids is 1. The number of urea groups is 1. The van der Waals surface area contributed by atoms with Crippen molar-refractivity contribution in [1.82, 2.24) is 9.88 Å². The monoisotopic (exact) mass is 331 g/mol. The van der Waals surface area contributed by atoms with Crippen LogP contribution in [0.25, 0.3) is 0 Å². The Bertz CT molecular complexity index is 789. The highest BCUT2D eigenvalue weighted by atomic mass is 16.7. The van der Waals surface area contributed by atoms with Crippen LogP contribution in [0.1, 0.15) is 0 Å². The van der Waals surface area contributed by atoms with E-state index in [0.29, 0.717) is 17.2 Å². The largest absolute Gasteiger partial charge is 0.454 e. The van der Waals surface area contributed by atoms with E-state index < -0.39 is 12.1 Å². The molecule has 1 aromatic carbocycles. The van der Waals surface area contributed by atoms with Crippen molar-refractivity contribution in [3.05, 3.63) is 52.9 Å². The van der Waals surface area contributed by atoms with Gasteiger partial charge in [-0.1, -0.05) is 6.07 Å². The molecule has 3 rings (SSSR count). The van der Waals surface area contributed by atoms with Crippen LogP contribution in [0, 0.1) is 0 Å². The zero-order chi connectivity index (χ0) is 16.9. The summed E-state index contributed by atoms with van der Waals surface area (Å²) in [6, 6.07) is 9.32. The summed E-state index contributed by atoms with van der Waals surface area (Å²) in [7, 11) is 0. The number of rotatable bonds is 5. The summed E-state index contributed by atoms with van der Waals surface area (Å²) in [5, 5.41) is 15.1. The Morgan fingerprint density at radius 2 is 2.08 bits per heavy atom. The number of aliphatic hydroxyl groups excluding tert-OH is 1. The minimum absolute atomic E-state index is 0.0116. The summed E-state index contributed by atoms with van der Waals surface area (Å²) >= 11 is 0. The predicted molar refractivity (Wildman–Crippen MR) is 86.3 cm³/mol. The van der Waals surface area contributed by atoms with Crippen molar-refractivity contribution in [1.29, 1.82) is 0 Å². The Labute approximate surface area is 137 Å². The lowest BCUT2D eigenvalue weighted by atomic mass is 10.3. The van der Waals surface area contributed by atoms with Gasteiger partial charge in [0.25, 0.3) is 5.56 Å². The van der Waals surface area contributed by atoms with Gasteiger partial charge >= 0.3 is 6.03 Å². The van der Waals surface area contributed by atoms with E-state index in [1.165, 1.54) is 10.6 Å². The summed E-state index contributed by atoms with van der Waals surface area (Å²) < 4.78 is 11.8. The number of aliphatic hydroxyl groups is 1. The molecule has 2 amide bonds. The third kappa shape index (κ3) is 3.85. The molecule has 0 saturated carbocycles. The smallest absolute Gasteiger partial charge is 0.319 e. The van der Waals surface area contributed by atoms with Crippen LogP contribution in [-0.2, 0) is 6.54 Å². The molecule has 24 heavy (non-hydrogen) atoms. The molecule has 1 unspecified atom stereocenters. The SMILES string of the molecule is O=C(NCC(O)Cn1ccccc1=O)Nc1ccc2c(c1)OCO2. The van der Waals surface area contributed by atoms with E-state index in [2.05, 4.69) is 10.6 Å². The van der Waals surface area contributed by atoms with Gasteiger partial charge in [-0.3, -0.25) is 4.79 Å². The average Bonchev–Trinajstić information content (AvgIpc) is 3.03. The molecule has 0 spiro atoms. The molecule has 1 aliphatic heterocycles. The number of ether oxygens (including phenoxy) is 2. The second-order valence-electron chi connectivity index (χ2n) is 5.25. The molecule has 3 N–H and O–H groups in total. The average molecular weight is 331 g/mol. The van der Waals surface area contributed by atoms with Gasteiger partial charge < -0.3 is 29.8 Å². The van der Waals surface area contributed by atoms with Crippen LogP contribution >= 0.6 is 0 Å². The van der Waals surface area contributed by atoms with Crippen LogP contribution in [0.2, 0.25) is 0 Å². The molecule has 2 heterocycles. The van der Waals surface area contributed by atoms with E-state index in [-0.39, 0.29) is 25.4 Å². The van der Waals surface area contributed by atoms with Gasteiger partial charge in [0.1, 0.15) is 0 Å². The number of pyridine rings is 1. The van der Waals surface area contributed by atoms with E-state index in [1.54, 1.807) is 36.5 Å². The van der Waals surface area contributed by atoms with Gasteiger partial charge in [-0.25, -0.2) is 4.79 Å². The Morgan fingerprint density at radius 3 is 2.92 bits per heavy atom. The topological polar surface area (TPSA) is 102 Å². The van der Waals surface area contributed by atoms with Gasteiger partial charge in [0.15, 0.2) is 11.5 Å². The highest BCUT2D eigenvalue weighted by molar-refractivity contribution is 5.89. The molecule has 0 bridgehead atoms. The molecule has 1 aliphatic rings. The van der Waals surface area contributed by atoms with Crippen molar-refractivity contribution in [3.63, 3.8) is 0 Å². The Kier molecular flexibility index (Phi) is 4.66. The molecule has 0 aliphatic carbocycles. The number of benzene rings is 1. The second kappa shape index (κ2) is 7.05. The highest BCUT2D eigenvalue weighted by Crippen LogP contribution is 2.34. The van der Waals surface area contributed by atoms with Gasteiger partial charge in [0, 0.05) is 30.6 Å². The third-order valence-electron chi connectivity index (χ3n) is 3.44. The molecule has 0 radical (unpaired) electrons. The number of hydrogen-bond donors (Lipinski definition) is 3. The number of anilines is 1. The van der Waals surface area contributed by atoms with Crippen LogP contribution in [0.15, 0.2) is 47.4 Å². The molecule has 8 heteroatoms. The lowest BCUT2D eigenvalue weighted by molar-refractivity contribution is 0.151. The fourth-order valence-electron chi connectivity index (χ4n) is 2.26. The first-order valence-electron chi connectivity index (χ1n) is 7.40. The van der Waals surface area contributed by atoms with E-state index in [0.717, 1.165) is 0 Å². The molecule has 126 valence electrons. The van der Waals surface area contributed by atoms with Gasteiger partial charge in [-0.05, 0) is 18.2 Å². The second-order valence-corrected chi connectivity index (χ2v) is 5.25. The van der Waals surface area contributed by atoms with Crippen molar-refractivity contribution in [3.8, 4) is 11.5 Å². The first-order valence-corrected chi connectivity index (χ1v) is 7.40. The molecule has 0 saturated heterocycles. The molecule has 2 aromatic rings. The van der Waals surface area contributed by atoms with Gasteiger partial charge in [0.05, 0.1) is 12.6 Å². The van der Waals surface area contributed by atoms with Crippen LogP contribution in [0.5, 0.6) is 11.5 Å². The normalized spacial score (nSPS) is 13.4. The number of hydrogen-bond acceptors (Lipinski definition) is 5. The first-order chi connectivity index (χ1) is 11.6. The number of nitrogens with zero attached hydrogens (tertiary/aromatic N) is 1. The minimum atomic E-state index is -0.882. The minimum Gasteiger partial charge on any atom is -0.454 e. The Morgan fingerprint density at radius 1 is 1.25 bits per heavy atom. The van der Waals surface area contributed by atoms with Gasteiger partial charge in [-0.2, -0.15) is 0 Å². The maximum atomic E-state index is 11.9. The first kappa shape index (κ1) is 15.9. The fraction of sp³-hybridized carbons (Fsp3) is 0.250. The summed E-state index contributed by atoms with van der Waals surface area (Å²) in [5.74, 6) is 1.20. The van der Waals surface area contributed by atoms with Crippen molar-refractivity contribution in [2.24, 2.45) is 0 Å². The molecular formula is C16H17N3O5. The Hall–Kier alpha value is -3.00. The third-order valence-corrected chi connectivity index (χ3v) is 3.44. The molecule has 8 nitrogen and oxygen atoms in total. The number of nitrogens with one attached hydrogen (secondary N) is 2. The molecule has 1 aromatic heterocycles. The van der Waals surface area contributed by atoms with Crippen molar-refractivity contribution in [2.75, 3.05) is 18.7 Å². The van der Waals surface area contributed by atoms with Crippen LogP contribution in [-0.4, -0.2) is 35.1 Å². The number of aromatic nitrogens is 1. The number of carbonyl (C=O) groups is 1. The van der Waals surface area contributed by atoms with Crippen LogP contribution in [0.3, 0.4) is 0 Å². The van der Waals surface area contributed by atoms with E-state index in [4.69, 9.17) is 9.47 Å². The summed E-state index contributed by atoms with van der Waals surface area (Å²) in [6.07, 6.45) is 0.700. The van der Waals surface area contributed by atoms with E-state index in [1.807, 2.05) is 0 Å². The van der Waals surface area contributed by atoms with E-state index >= 15 is 0 Å². The zero-order valence-corrected chi connectivity index (χ0v) is 12.8. The van der Waals surface area contributed by atoms with Crippen LogP contribution < -0.4 is 25.7 Å². The number of fused-ring (bicyclic) bond motifs is 1. The van der Waals surface area contributed by atoms with E-state index in [9.17, 15) is 14.7 Å². The van der Waals surface area contributed by atoms with Gasteiger partial charge in [-0.15, -0.1) is 0 Å². The molecular weight excluding hydrogens is 314 g/mol. The van der Waals surface area contributed by atoms with Crippen LogP contribution in [0.4, 0.5) is 10.5 Å². The zero-order valence-electron chi connectivity index (χ0n) is 12.8. The maximum absolute atomic E-state index is 11.9. The van der Waals surface area contributed by atoms with Gasteiger partial charge in [0.2, 0.25) is 6.79 Å². The van der Waals surface area contributed by atoms with Crippen molar-refractivity contribution in [2.45, 2.75) is 12.6 Å². The summed E-state index contributed by atoms with van der Waals surface area (Å²) in [6.45, 7) is 0.276. The number of amides is 2. The predicted octanol–water partition coefficient (Wildman–Crippen LogP) is 0.760. The maximum Gasteiger partial charge on any atom is 0.319 e. The fourth-order valence-corrected chi connectivity index (χ4v) is 2.26. The standard InChI is InChI=1S/C16H17N3O5/c20-12(9-19-6-2-1-3-15(19)21)8-17-16(22)18-11-4-5-13-14(7-11)24-10-23-13/h1-7,12,20H,8-10H2,(H2,17,18,22). The molecule has 1 atom stereocenters. The lowest BCUT2D eigenvalue weighted by Crippen LogP contribution is -2.38. The molecule has 0 fully saturated rings. The lowest BCUT2D eigenvalue weighted by Gasteiger charge is -2.14.